The molecule has 0 heterocycles. The number of alkyl carbamates (subject to hydrolysis) is 1. The third-order valence-electron chi connectivity index (χ3n) is 7.17. The van der Waals surface area contributed by atoms with Crippen LogP contribution in [-0.4, -0.2) is 46.1 Å². The lowest BCUT2D eigenvalue weighted by atomic mass is 9.96. The number of amides is 3. The lowest BCUT2D eigenvalue weighted by Gasteiger charge is -2.35. The van der Waals surface area contributed by atoms with Crippen LogP contribution in [0.1, 0.15) is 74.4 Å². The second-order valence-corrected chi connectivity index (χ2v) is 12.0. The van der Waals surface area contributed by atoms with Crippen LogP contribution < -0.4 is 10.6 Å². The van der Waals surface area contributed by atoms with Crippen molar-refractivity contribution in [1.29, 1.82) is 0 Å². The van der Waals surface area contributed by atoms with Gasteiger partial charge in [0.25, 0.3) is 5.91 Å². The van der Waals surface area contributed by atoms with Crippen molar-refractivity contribution in [2.24, 2.45) is 0 Å². The quantitative estimate of drug-likeness (QED) is 0.230. The molecule has 0 bridgehead atoms. The van der Waals surface area contributed by atoms with Gasteiger partial charge in [-0.2, -0.15) is 0 Å². The van der Waals surface area contributed by atoms with Gasteiger partial charge in [-0.1, -0.05) is 67.9 Å². The van der Waals surface area contributed by atoms with Crippen molar-refractivity contribution < 1.29 is 24.2 Å². The van der Waals surface area contributed by atoms with E-state index in [1.54, 1.807) is 37.8 Å². The molecule has 0 aromatic heterocycles. The number of nitrogens with zero attached hydrogens (tertiary/aromatic N) is 1. The van der Waals surface area contributed by atoms with Crippen LogP contribution in [0, 0.1) is 20.8 Å². The molecule has 2 unspecified atom stereocenters. The highest BCUT2D eigenvalue weighted by Gasteiger charge is 2.37. The number of carbonyl (C=O) groups excluding carboxylic acids is 3. The zero-order valence-electron chi connectivity index (χ0n) is 26.4. The summed E-state index contributed by atoms with van der Waals surface area (Å²) in [6.45, 7) is 13.4. The number of phenolic OH excluding ortho intramolecular Hbond substituents is 1. The third kappa shape index (κ3) is 9.33. The van der Waals surface area contributed by atoms with Crippen molar-refractivity contribution in [2.75, 3.05) is 11.9 Å². The second kappa shape index (κ2) is 14.7. The minimum atomic E-state index is -1.03. The van der Waals surface area contributed by atoms with Gasteiger partial charge in [0.15, 0.2) is 0 Å². The first-order valence-corrected chi connectivity index (χ1v) is 14.8. The van der Waals surface area contributed by atoms with Gasteiger partial charge in [-0.3, -0.25) is 9.59 Å². The van der Waals surface area contributed by atoms with Gasteiger partial charge < -0.3 is 25.4 Å². The Kier molecular flexibility index (Phi) is 11.4. The SMILES string of the molecule is CCCCN(C(=O)C(Cc1ccc(O)cc1)NC(=O)OC(C)(C)C)C(C(=O)Nc1c(C)cccc1C)c1ccccc1C. The highest BCUT2D eigenvalue weighted by atomic mass is 16.6. The number of phenols is 1. The minimum Gasteiger partial charge on any atom is -0.508 e. The molecule has 0 saturated heterocycles. The summed E-state index contributed by atoms with van der Waals surface area (Å²) in [7, 11) is 0. The fourth-order valence-electron chi connectivity index (χ4n) is 4.96. The molecule has 43 heavy (non-hydrogen) atoms. The average molecular weight is 588 g/mol. The van der Waals surface area contributed by atoms with Crippen LogP contribution in [0.15, 0.2) is 66.7 Å². The van der Waals surface area contributed by atoms with Gasteiger partial charge in [0.05, 0.1) is 0 Å². The molecule has 230 valence electrons. The number of rotatable bonds is 11. The number of benzene rings is 3. The van der Waals surface area contributed by atoms with E-state index < -0.39 is 29.7 Å². The Morgan fingerprint density at radius 1 is 0.884 bits per heavy atom. The maximum absolute atomic E-state index is 14.6. The van der Waals surface area contributed by atoms with Crippen LogP contribution in [0.25, 0.3) is 0 Å². The maximum atomic E-state index is 14.6. The number of ether oxygens (including phenoxy) is 1. The molecule has 0 aliphatic carbocycles. The second-order valence-electron chi connectivity index (χ2n) is 12.0. The van der Waals surface area contributed by atoms with Crippen molar-refractivity contribution in [3.8, 4) is 5.75 Å². The standard InChI is InChI=1S/C35H45N3O5/c1-8-9-21-38(33(41)29(36-34(42)43-35(5,6)7)22-26-17-19-27(39)20-18-26)31(28-16-11-10-13-23(28)2)32(40)37-30-24(3)14-12-15-25(30)4/h10-20,29,31,39H,8-9,21-22H2,1-7H3,(H,36,42)(H,37,40). The predicted octanol–water partition coefficient (Wildman–Crippen LogP) is 6.76. The molecule has 3 aromatic carbocycles. The fraction of sp³-hybridized carbons (Fsp3) is 0.400. The molecule has 0 saturated carbocycles. The summed E-state index contributed by atoms with van der Waals surface area (Å²) in [5.41, 5.74) is 4.08. The van der Waals surface area contributed by atoms with Crippen molar-refractivity contribution in [3.05, 3.63) is 94.5 Å². The summed E-state index contributed by atoms with van der Waals surface area (Å²) in [6.07, 6.45) is 0.862. The summed E-state index contributed by atoms with van der Waals surface area (Å²) in [5, 5.41) is 15.7. The summed E-state index contributed by atoms with van der Waals surface area (Å²) >= 11 is 0. The van der Waals surface area contributed by atoms with Crippen molar-refractivity contribution >= 4 is 23.6 Å². The van der Waals surface area contributed by atoms with Gasteiger partial charge in [-0.25, -0.2) is 4.79 Å². The van der Waals surface area contributed by atoms with E-state index >= 15 is 0 Å². The van der Waals surface area contributed by atoms with Gasteiger partial charge >= 0.3 is 6.09 Å². The highest BCUT2D eigenvalue weighted by Crippen LogP contribution is 2.29. The predicted molar refractivity (Wildman–Crippen MR) is 170 cm³/mol. The van der Waals surface area contributed by atoms with Gasteiger partial charge in [0.1, 0.15) is 23.4 Å². The van der Waals surface area contributed by atoms with E-state index in [1.165, 1.54) is 12.1 Å². The first kappa shape index (κ1) is 33.2. The van der Waals surface area contributed by atoms with E-state index in [4.69, 9.17) is 4.74 Å². The van der Waals surface area contributed by atoms with E-state index in [-0.39, 0.29) is 18.1 Å². The number of unbranched alkanes of at least 4 members (excludes halogenated alkanes) is 1. The summed E-state index contributed by atoms with van der Waals surface area (Å²) in [6, 6.07) is 17.8. The number of hydrogen-bond acceptors (Lipinski definition) is 5. The summed E-state index contributed by atoms with van der Waals surface area (Å²) < 4.78 is 5.51. The molecular formula is C35H45N3O5. The highest BCUT2D eigenvalue weighted by molar-refractivity contribution is 6.00. The molecule has 8 heteroatoms. The zero-order chi connectivity index (χ0) is 31.7. The molecule has 8 nitrogen and oxygen atoms in total. The van der Waals surface area contributed by atoms with E-state index in [2.05, 4.69) is 10.6 Å². The smallest absolute Gasteiger partial charge is 0.408 e. The van der Waals surface area contributed by atoms with E-state index in [9.17, 15) is 19.5 Å². The molecule has 0 radical (unpaired) electrons. The molecule has 2 atom stereocenters. The largest absolute Gasteiger partial charge is 0.508 e. The molecule has 0 aliphatic heterocycles. The Labute approximate surface area is 255 Å². The first-order chi connectivity index (χ1) is 20.3. The lowest BCUT2D eigenvalue weighted by Crippen LogP contribution is -2.53. The van der Waals surface area contributed by atoms with Crippen LogP contribution in [0.4, 0.5) is 10.5 Å². The molecule has 3 aromatic rings. The number of para-hydroxylation sites is 1. The average Bonchev–Trinajstić information content (AvgIpc) is 2.93. The van der Waals surface area contributed by atoms with Crippen molar-refractivity contribution in [3.63, 3.8) is 0 Å². The van der Waals surface area contributed by atoms with Crippen LogP contribution in [-0.2, 0) is 20.7 Å². The van der Waals surface area contributed by atoms with Gasteiger partial charge in [-0.15, -0.1) is 0 Å². The molecule has 3 amide bonds. The van der Waals surface area contributed by atoms with Gasteiger partial charge in [0, 0.05) is 18.7 Å². The zero-order valence-corrected chi connectivity index (χ0v) is 26.4. The summed E-state index contributed by atoms with van der Waals surface area (Å²) in [5.74, 6) is -0.645. The first-order valence-electron chi connectivity index (χ1n) is 14.8. The number of aryl methyl sites for hydroxylation is 3. The Morgan fingerprint density at radius 2 is 1.49 bits per heavy atom. The Morgan fingerprint density at radius 3 is 2.07 bits per heavy atom. The number of hydrogen-bond donors (Lipinski definition) is 3. The molecule has 3 rings (SSSR count). The van der Waals surface area contributed by atoms with Crippen molar-refractivity contribution in [1.82, 2.24) is 10.2 Å². The molecular weight excluding hydrogens is 542 g/mol. The van der Waals surface area contributed by atoms with E-state index in [1.807, 2.05) is 70.2 Å². The van der Waals surface area contributed by atoms with Crippen molar-refractivity contribution in [2.45, 2.75) is 85.4 Å². The van der Waals surface area contributed by atoms with Crippen LogP contribution in [0.5, 0.6) is 5.75 Å². The normalized spacial score (nSPS) is 12.6. The number of carbonyl (C=O) groups is 3. The monoisotopic (exact) mass is 587 g/mol. The molecule has 0 fully saturated rings. The molecule has 0 spiro atoms. The fourth-order valence-corrected chi connectivity index (χ4v) is 4.96. The van der Waals surface area contributed by atoms with Gasteiger partial charge in [0.2, 0.25) is 5.91 Å². The summed E-state index contributed by atoms with van der Waals surface area (Å²) in [4.78, 5) is 43.4. The van der Waals surface area contributed by atoms with E-state index in [0.29, 0.717) is 24.2 Å². The Bertz CT molecular complexity index is 1390. The number of anilines is 1. The third-order valence-corrected chi connectivity index (χ3v) is 7.17. The topological polar surface area (TPSA) is 108 Å². The Hall–Kier alpha value is -4.33. The number of nitrogens with one attached hydrogen (secondary N) is 2. The number of aromatic hydroxyl groups is 1. The van der Waals surface area contributed by atoms with Crippen LogP contribution >= 0.6 is 0 Å². The maximum Gasteiger partial charge on any atom is 0.408 e. The van der Waals surface area contributed by atoms with Gasteiger partial charge in [-0.05, 0) is 87.9 Å². The van der Waals surface area contributed by atoms with Crippen LogP contribution in [0.2, 0.25) is 0 Å². The molecule has 0 aliphatic rings. The lowest BCUT2D eigenvalue weighted by molar-refractivity contribution is -0.140. The molecule has 3 N–H and O–H groups in total. The minimum absolute atomic E-state index is 0.0964. The van der Waals surface area contributed by atoms with Crippen LogP contribution in [0.3, 0.4) is 0 Å². The Balaban J connectivity index is 2.10. The van der Waals surface area contributed by atoms with E-state index in [0.717, 1.165) is 28.7 Å².